The summed E-state index contributed by atoms with van der Waals surface area (Å²) in [4.78, 5) is 29.4. The van der Waals surface area contributed by atoms with E-state index < -0.39 is 0 Å². The molecule has 0 spiro atoms. The van der Waals surface area contributed by atoms with Crippen LogP contribution >= 0.6 is 0 Å². The zero-order valence-electron chi connectivity index (χ0n) is 11.7. The first-order chi connectivity index (χ1) is 10.1. The number of carbonyl (C=O) groups excluding carboxylic acids is 2. The molecule has 1 aliphatic rings. The van der Waals surface area contributed by atoms with E-state index in [0.717, 1.165) is 16.8 Å². The predicted octanol–water partition coefficient (Wildman–Crippen LogP) is 1.85. The van der Waals surface area contributed by atoms with Gasteiger partial charge >= 0.3 is 0 Å². The van der Waals surface area contributed by atoms with Crippen molar-refractivity contribution in [3.05, 3.63) is 59.4 Å². The minimum atomic E-state index is -0.0734. The van der Waals surface area contributed by atoms with E-state index >= 15 is 0 Å². The second kappa shape index (κ2) is 5.36. The topological polar surface area (TPSA) is 62.3 Å². The highest BCUT2D eigenvalue weighted by atomic mass is 16.2. The number of aromatic nitrogens is 1. The van der Waals surface area contributed by atoms with E-state index in [0.29, 0.717) is 18.5 Å². The lowest BCUT2D eigenvalue weighted by molar-refractivity contribution is -0.115. The van der Waals surface area contributed by atoms with Gasteiger partial charge in [0.25, 0.3) is 5.91 Å². The first-order valence-corrected chi connectivity index (χ1v) is 6.70. The SMILES string of the molecule is CN(Cc1ccncc1)C(=O)c1ccc2c(c1)NC(=O)C2. The normalized spacial score (nSPS) is 12.7. The second-order valence-electron chi connectivity index (χ2n) is 5.11. The third kappa shape index (κ3) is 2.76. The van der Waals surface area contributed by atoms with E-state index in [1.165, 1.54) is 0 Å². The van der Waals surface area contributed by atoms with E-state index in [9.17, 15) is 9.59 Å². The third-order valence-corrected chi connectivity index (χ3v) is 3.50. The van der Waals surface area contributed by atoms with Gasteiger partial charge in [0.05, 0.1) is 6.42 Å². The first kappa shape index (κ1) is 13.3. The van der Waals surface area contributed by atoms with Crippen molar-refractivity contribution in [1.82, 2.24) is 9.88 Å². The van der Waals surface area contributed by atoms with Crippen molar-refractivity contribution < 1.29 is 9.59 Å². The van der Waals surface area contributed by atoms with Crippen LogP contribution in [0, 0.1) is 0 Å². The molecule has 0 atom stereocenters. The summed E-state index contributed by atoms with van der Waals surface area (Å²) >= 11 is 0. The lowest BCUT2D eigenvalue weighted by Gasteiger charge is -2.17. The minimum Gasteiger partial charge on any atom is -0.337 e. The Hall–Kier alpha value is -2.69. The maximum Gasteiger partial charge on any atom is 0.253 e. The van der Waals surface area contributed by atoms with Crippen LogP contribution in [0.25, 0.3) is 0 Å². The zero-order chi connectivity index (χ0) is 14.8. The number of hydrogen-bond donors (Lipinski definition) is 1. The van der Waals surface area contributed by atoms with E-state index in [4.69, 9.17) is 0 Å². The minimum absolute atomic E-state index is 0.0280. The lowest BCUT2D eigenvalue weighted by Crippen LogP contribution is -2.26. The number of hydrogen-bond acceptors (Lipinski definition) is 3. The van der Waals surface area contributed by atoms with Crippen LogP contribution in [0.4, 0.5) is 5.69 Å². The van der Waals surface area contributed by atoms with E-state index in [2.05, 4.69) is 10.3 Å². The number of nitrogens with zero attached hydrogens (tertiary/aromatic N) is 2. The van der Waals surface area contributed by atoms with Crippen LogP contribution in [-0.4, -0.2) is 28.7 Å². The van der Waals surface area contributed by atoms with E-state index in [-0.39, 0.29) is 11.8 Å². The molecule has 0 radical (unpaired) electrons. The van der Waals surface area contributed by atoms with Gasteiger partial charge in [0.15, 0.2) is 0 Å². The fourth-order valence-electron chi connectivity index (χ4n) is 2.40. The highest BCUT2D eigenvalue weighted by molar-refractivity contribution is 6.02. The molecule has 3 rings (SSSR count). The Morgan fingerprint density at radius 1 is 1.29 bits per heavy atom. The number of fused-ring (bicyclic) bond motifs is 1. The summed E-state index contributed by atoms with van der Waals surface area (Å²) in [6.07, 6.45) is 3.80. The molecule has 0 fully saturated rings. The molecule has 1 N–H and O–H groups in total. The quantitative estimate of drug-likeness (QED) is 0.934. The lowest BCUT2D eigenvalue weighted by atomic mass is 10.1. The van der Waals surface area contributed by atoms with E-state index in [1.54, 1.807) is 36.5 Å². The molecule has 106 valence electrons. The summed E-state index contributed by atoms with van der Waals surface area (Å²) < 4.78 is 0. The number of amides is 2. The Kier molecular flexibility index (Phi) is 3.39. The number of carbonyl (C=O) groups is 2. The largest absolute Gasteiger partial charge is 0.337 e. The van der Waals surface area contributed by atoms with Gasteiger partial charge in [0.2, 0.25) is 5.91 Å². The van der Waals surface area contributed by atoms with Crippen molar-refractivity contribution in [2.24, 2.45) is 0 Å². The molecule has 2 amide bonds. The maximum absolute atomic E-state index is 12.4. The number of rotatable bonds is 3. The smallest absolute Gasteiger partial charge is 0.253 e. The fourth-order valence-corrected chi connectivity index (χ4v) is 2.40. The number of nitrogens with one attached hydrogen (secondary N) is 1. The second-order valence-corrected chi connectivity index (χ2v) is 5.11. The van der Waals surface area contributed by atoms with Gasteiger partial charge in [-0.15, -0.1) is 0 Å². The average Bonchev–Trinajstić information content (AvgIpc) is 2.86. The molecule has 1 aromatic heterocycles. The fraction of sp³-hybridized carbons (Fsp3) is 0.188. The monoisotopic (exact) mass is 281 g/mol. The molecule has 5 heteroatoms. The third-order valence-electron chi connectivity index (χ3n) is 3.50. The summed E-state index contributed by atoms with van der Waals surface area (Å²) in [5.41, 5.74) is 3.28. The maximum atomic E-state index is 12.4. The molecule has 0 unspecified atom stereocenters. The number of anilines is 1. The van der Waals surface area contributed by atoms with Crippen molar-refractivity contribution in [3.63, 3.8) is 0 Å². The molecule has 2 aromatic rings. The van der Waals surface area contributed by atoms with Crippen molar-refractivity contribution in [2.75, 3.05) is 12.4 Å². The van der Waals surface area contributed by atoms with Crippen LogP contribution in [-0.2, 0) is 17.8 Å². The van der Waals surface area contributed by atoms with Crippen molar-refractivity contribution in [1.29, 1.82) is 0 Å². The van der Waals surface area contributed by atoms with Crippen LogP contribution in [0.5, 0.6) is 0 Å². The van der Waals surface area contributed by atoms with Crippen molar-refractivity contribution in [2.45, 2.75) is 13.0 Å². The Bertz CT molecular complexity index is 698. The van der Waals surface area contributed by atoms with Gasteiger partial charge in [-0.05, 0) is 35.4 Å². The Labute approximate surface area is 122 Å². The van der Waals surface area contributed by atoms with Crippen molar-refractivity contribution in [3.8, 4) is 0 Å². The highest BCUT2D eigenvalue weighted by Crippen LogP contribution is 2.24. The molecular formula is C16H15N3O2. The van der Waals surface area contributed by atoms with Gasteiger partial charge in [0.1, 0.15) is 0 Å². The standard InChI is InChI=1S/C16H15N3O2/c1-19(10-11-4-6-17-7-5-11)16(21)13-3-2-12-9-15(20)18-14(12)8-13/h2-8H,9-10H2,1H3,(H,18,20). The van der Waals surface area contributed by atoms with Crippen LogP contribution < -0.4 is 5.32 Å². The molecule has 1 aliphatic heterocycles. The van der Waals surface area contributed by atoms with Gasteiger partial charge in [-0.1, -0.05) is 6.07 Å². The summed E-state index contributed by atoms with van der Waals surface area (Å²) in [5, 5.41) is 2.76. The molecule has 1 aromatic carbocycles. The molecule has 0 saturated heterocycles. The van der Waals surface area contributed by atoms with Crippen molar-refractivity contribution >= 4 is 17.5 Å². The Morgan fingerprint density at radius 3 is 2.81 bits per heavy atom. The highest BCUT2D eigenvalue weighted by Gasteiger charge is 2.20. The van der Waals surface area contributed by atoms with Gasteiger partial charge in [0, 0.05) is 37.2 Å². The van der Waals surface area contributed by atoms with Gasteiger partial charge < -0.3 is 10.2 Å². The summed E-state index contributed by atoms with van der Waals surface area (Å²) in [6, 6.07) is 9.11. The molecule has 21 heavy (non-hydrogen) atoms. The number of benzene rings is 1. The Morgan fingerprint density at radius 2 is 2.05 bits per heavy atom. The molecule has 0 saturated carbocycles. The molecule has 0 aliphatic carbocycles. The first-order valence-electron chi connectivity index (χ1n) is 6.70. The van der Waals surface area contributed by atoms with Gasteiger partial charge in [-0.3, -0.25) is 14.6 Å². The van der Waals surface area contributed by atoms with Crippen LogP contribution in [0.2, 0.25) is 0 Å². The molecule has 0 bridgehead atoms. The average molecular weight is 281 g/mol. The van der Waals surface area contributed by atoms with Crippen LogP contribution in [0.1, 0.15) is 21.5 Å². The van der Waals surface area contributed by atoms with Crippen LogP contribution in [0.15, 0.2) is 42.7 Å². The van der Waals surface area contributed by atoms with Crippen LogP contribution in [0.3, 0.4) is 0 Å². The molecule has 5 nitrogen and oxygen atoms in total. The Balaban J connectivity index is 1.76. The molecule has 2 heterocycles. The molecular weight excluding hydrogens is 266 g/mol. The zero-order valence-corrected chi connectivity index (χ0v) is 11.7. The number of pyridine rings is 1. The summed E-state index contributed by atoms with van der Waals surface area (Å²) in [7, 11) is 1.76. The van der Waals surface area contributed by atoms with E-state index in [1.807, 2.05) is 18.2 Å². The predicted molar refractivity (Wildman–Crippen MR) is 78.8 cm³/mol. The summed E-state index contributed by atoms with van der Waals surface area (Å²) in [6.45, 7) is 0.519. The van der Waals surface area contributed by atoms with Gasteiger partial charge in [-0.25, -0.2) is 0 Å². The summed E-state index contributed by atoms with van der Waals surface area (Å²) in [5.74, 6) is -0.101. The van der Waals surface area contributed by atoms with Gasteiger partial charge in [-0.2, -0.15) is 0 Å².